The Balaban J connectivity index is 1.26. The molecule has 15 heteroatoms. The van der Waals surface area contributed by atoms with Crippen molar-refractivity contribution in [3.8, 4) is 22.2 Å². The van der Waals surface area contributed by atoms with Crippen LogP contribution in [0.5, 0.6) is 11.6 Å². The molecule has 1 saturated heterocycles. The SMILES string of the molecule is CC[C@@H]1C[C@H](C)CC/C=C\[C@@H]2C[C@@]2(C(=O)NS(=O)(=O)C2CC2)CC(=O)[C@@H]2C[C@@H](Oc3ncc(-c4nc(C(C)(C)C)cs4)c4cc(OC)ccc34)CN2C(=O)[C@H]1CC(=O)OC(C)(C)C. The zero-order chi connectivity index (χ0) is 45.6. The van der Waals surface area contributed by atoms with Crippen molar-refractivity contribution < 1.29 is 41.8 Å². The summed E-state index contributed by atoms with van der Waals surface area (Å²) < 4.78 is 46.6. The van der Waals surface area contributed by atoms with E-state index in [0.717, 1.165) is 34.5 Å². The number of methoxy groups -OCH3 is 1. The largest absolute Gasteiger partial charge is 0.497 e. The van der Waals surface area contributed by atoms with Gasteiger partial charge < -0.3 is 19.1 Å². The van der Waals surface area contributed by atoms with Gasteiger partial charge in [-0.15, -0.1) is 11.3 Å². The molecule has 13 nitrogen and oxygen atoms in total. The van der Waals surface area contributed by atoms with Crippen LogP contribution in [-0.4, -0.2) is 83.5 Å². The molecular formula is C48H64N4O9S2. The van der Waals surface area contributed by atoms with Gasteiger partial charge in [0.2, 0.25) is 27.7 Å². The van der Waals surface area contributed by atoms with Crippen LogP contribution in [0.25, 0.3) is 21.3 Å². The second-order valence-electron chi connectivity index (χ2n) is 20.4. The number of aromatic nitrogens is 2. The maximum atomic E-state index is 15.2. The average Bonchev–Trinajstić information content (AvgIpc) is 4.08. The lowest BCUT2D eigenvalue weighted by atomic mass is 9.79. The predicted molar refractivity (Wildman–Crippen MR) is 243 cm³/mol. The van der Waals surface area contributed by atoms with Crippen molar-refractivity contribution in [2.75, 3.05) is 13.7 Å². The van der Waals surface area contributed by atoms with Crippen molar-refractivity contribution >= 4 is 55.7 Å². The Morgan fingerprint density at radius 3 is 2.44 bits per heavy atom. The van der Waals surface area contributed by atoms with E-state index >= 15 is 4.79 Å². The Labute approximate surface area is 376 Å². The normalized spacial score (nSPS) is 27.7. The van der Waals surface area contributed by atoms with Crippen LogP contribution in [0.3, 0.4) is 0 Å². The number of fused-ring (bicyclic) bond motifs is 3. The molecule has 7 atom stereocenters. The molecular weight excluding hydrogens is 841 g/mol. The van der Waals surface area contributed by atoms with Gasteiger partial charge in [0.25, 0.3) is 0 Å². The zero-order valence-corrected chi connectivity index (χ0v) is 39.8. The van der Waals surface area contributed by atoms with Gasteiger partial charge in [0.05, 0.1) is 48.4 Å². The summed E-state index contributed by atoms with van der Waals surface area (Å²) in [6.45, 7) is 15.9. The molecule has 342 valence electrons. The van der Waals surface area contributed by atoms with E-state index in [2.05, 4.69) is 37.8 Å². The second kappa shape index (κ2) is 17.9. The highest BCUT2D eigenvalue weighted by atomic mass is 32.2. The fourth-order valence-corrected chi connectivity index (χ4v) is 11.7. The van der Waals surface area contributed by atoms with Crippen molar-refractivity contribution in [3.63, 3.8) is 0 Å². The topological polar surface area (TPSA) is 171 Å². The monoisotopic (exact) mass is 904 g/mol. The maximum Gasteiger partial charge on any atom is 0.307 e. The Bertz CT molecular complexity index is 2380. The van der Waals surface area contributed by atoms with Crippen molar-refractivity contribution in [2.24, 2.45) is 29.1 Å². The first-order valence-electron chi connectivity index (χ1n) is 22.5. The number of pyridine rings is 1. The van der Waals surface area contributed by atoms with Crippen LogP contribution in [0.4, 0.5) is 0 Å². The van der Waals surface area contributed by atoms with E-state index in [-0.39, 0.29) is 60.7 Å². The van der Waals surface area contributed by atoms with E-state index < -0.39 is 56.2 Å². The van der Waals surface area contributed by atoms with Gasteiger partial charge in [0.15, 0.2) is 5.78 Å². The molecule has 4 heterocycles. The van der Waals surface area contributed by atoms with Gasteiger partial charge in [0, 0.05) is 46.2 Å². The summed E-state index contributed by atoms with van der Waals surface area (Å²) in [7, 11) is -2.27. The lowest BCUT2D eigenvalue weighted by Gasteiger charge is -2.33. The molecule has 0 bridgehead atoms. The summed E-state index contributed by atoms with van der Waals surface area (Å²) in [6, 6.07) is 4.63. The molecule has 2 amide bonds. The number of hydrogen-bond donors (Lipinski definition) is 1. The number of ketones is 1. The van der Waals surface area contributed by atoms with Crippen molar-refractivity contribution in [1.82, 2.24) is 19.6 Å². The van der Waals surface area contributed by atoms with Crippen molar-refractivity contribution in [3.05, 3.63) is 47.6 Å². The van der Waals surface area contributed by atoms with Gasteiger partial charge >= 0.3 is 5.97 Å². The van der Waals surface area contributed by atoms with Gasteiger partial charge in [-0.25, -0.2) is 18.4 Å². The molecule has 2 saturated carbocycles. The molecule has 0 spiro atoms. The third kappa shape index (κ3) is 10.5. The summed E-state index contributed by atoms with van der Waals surface area (Å²) in [5, 5.41) is 3.76. The van der Waals surface area contributed by atoms with E-state index in [1.165, 1.54) is 11.3 Å². The summed E-state index contributed by atoms with van der Waals surface area (Å²) in [6.07, 6.45) is 8.89. The number of thiazole rings is 1. The summed E-state index contributed by atoms with van der Waals surface area (Å²) in [5.41, 5.74) is -0.411. The number of sulfonamides is 1. The Morgan fingerprint density at radius 1 is 1.05 bits per heavy atom. The van der Waals surface area contributed by atoms with Gasteiger partial charge in [0.1, 0.15) is 22.5 Å². The van der Waals surface area contributed by atoms with Crippen LogP contribution in [0, 0.1) is 29.1 Å². The first-order chi connectivity index (χ1) is 29.6. The fourth-order valence-electron chi connectivity index (χ4n) is 9.29. The predicted octanol–water partition coefficient (Wildman–Crippen LogP) is 8.34. The number of allylic oxidation sites excluding steroid dienone is 2. The Kier molecular flexibility index (Phi) is 13.2. The minimum absolute atomic E-state index is 0.0349. The van der Waals surface area contributed by atoms with Gasteiger partial charge in [-0.3, -0.25) is 23.9 Å². The average molecular weight is 905 g/mol. The van der Waals surface area contributed by atoms with Crippen LogP contribution in [0.1, 0.15) is 125 Å². The zero-order valence-electron chi connectivity index (χ0n) is 38.2. The Morgan fingerprint density at radius 2 is 1.79 bits per heavy atom. The summed E-state index contributed by atoms with van der Waals surface area (Å²) in [4.78, 5) is 69.0. The van der Waals surface area contributed by atoms with Gasteiger partial charge in [-0.1, -0.05) is 53.2 Å². The van der Waals surface area contributed by atoms with Gasteiger partial charge in [-0.2, -0.15) is 0 Å². The first-order valence-corrected chi connectivity index (χ1v) is 24.9. The minimum Gasteiger partial charge on any atom is -0.497 e. The van der Waals surface area contributed by atoms with Crippen LogP contribution in [0.2, 0.25) is 0 Å². The number of ether oxygens (including phenoxy) is 3. The molecule has 63 heavy (non-hydrogen) atoms. The minimum atomic E-state index is -3.88. The number of Topliss-reactive ketones (excluding diaryl/α,β-unsaturated/α-hetero) is 1. The van der Waals surface area contributed by atoms with Crippen molar-refractivity contribution in [1.29, 1.82) is 0 Å². The number of nitrogens with one attached hydrogen (secondary N) is 1. The second-order valence-corrected chi connectivity index (χ2v) is 23.2. The molecule has 0 radical (unpaired) electrons. The third-order valence-electron chi connectivity index (χ3n) is 13.1. The quantitative estimate of drug-likeness (QED) is 0.153. The maximum absolute atomic E-state index is 15.2. The lowest BCUT2D eigenvalue weighted by molar-refractivity contribution is -0.160. The number of nitrogens with zero attached hydrogens (tertiary/aromatic N) is 3. The number of hydrogen-bond acceptors (Lipinski definition) is 12. The van der Waals surface area contributed by atoms with E-state index in [4.69, 9.17) is 24.2 Å². The highest BCUT2D eigenvalue weighted by Crippen LogP contribution is 2.57. The smallest absolute Gasteiger partial charge is 0.307 e. The number of amides is 2. The van der Waals surface area contributed by atoms with Crippen LogP contribution in [0.15, 0.2) is 41.9 Å². The highest BCUT2D eigenvalue weighted by Gasteiger charge is 2.62. The third-order valence-corrected chi connectivity index (χ3v) is 15.8. The molecule has 4 aliphatic rings. The summed E-state index contributed by atoms with van der Waals surface area (Å²) in [5.74, 6) is -1.99. The number of carbonyl (C=O) groups is 4. The fraction of sp³-hybridized carbons (Fsp3) is 0.625. The number of esters is 1. The van der Waals surface area contributed by atoms with E-state index in [9.17, 15) is 22.8 Å². The molecule has 2 aromatic heterocycles. The molecule has 3 aromatic rings. The molecule has 2 aliphatic heterocycles. The van der Waals surface area contributed by atoms with Gasteiger partial charge in [-0.05, 0) is 95.2 Å². The lowest BCUT2D eigenvalue weighted by Crippen LogP contribution is -2.48. The van der Waals surface area contributed by atoms with Crippen LogP contribution in [-0.2, 0) is 39.4 Å². The number of carbonyl (C=O) groups excluding carboxylic acids is 4. The molecule has 0 unspecified atom stereocenters. The number of rotatable bonds is 10. The molecule has 2 aliphatic carbocycles. The molecule has 1 aromatic carbocycles. The van der Waals surface area contributed by atoms with Crippen LogP contribution >= 0.6 is 11.3 Å². The van der Waals surface area contributed by atoms with E-state index in [0.29, 0.717) is 49.1 Å². The summed E-state index contributed by atoms with van der Waals surface area (Å²) >= 11 is 1.53. The molecule has 1 N–H and O–H groups in total. The first kappa shape index (κ1) is 46.6. The van der Waals surface area contributed by atoms with E-state index in [1.54, 1.807) is 39.0 Å². The standard InChI is InChI=1S/C48H64N4O9S2/c1-10-29-19-28(2)13-11-12-14-30-23-48(30,45(56)51-63(57,58)33-16-17-33)24-39(53)38-21-32(26-52(38)44(55)35(29)22-41(54)61-47(6,7)8)60-42-34-18-15-31(59-9)20-36(34)37(25-49-42)43-50-40(27-62-43)46(3,4)5/h12,14-15,18,20,25,27-30,32-33,35,38H,10-11,13,16-17,19,21-24,26H2,1-9H3,(H,51,56)/b14-12-/t28-,29-,30-,32-,35+,38+,48-/m1/s1. The number of benzene rings is 1. The Hall–Kier alpha value is -4.37. The van der Waals surface area contributed by atoms with Crippen LogP contribution < -0.4 is 14.2 Å². The molecule has 3 fully saturated rings. The highest BCUT2D eigenvalue weighted by molar-refractivity contribution is 7.90. The van der Waals surface area contributed by atoms with Crippen molar-refractivity contribution in [2.45, 2.75) is 148 Å². The van der Waals surface area contributed by atoms with E-state index in [1.807, 2.05) is 37.3 Å². The molecule has 7 rings (SSSR count).